The van der Waals surface area contributed by atoms with Crippen molar-refractivity contribution in [2.24, 2.45) is 28.8 Å². The highest BCUT2D eigenvalue weighted by Gasteiger charge is 2.56. The van der Waals surface area contributed by atoms with Gasteiger partial charge in [-0.15, -0.1) is 0 Å². The van der Waals surface area contributed by atoms with Crippen LogP contribution in [0.4, 0.5) is 0 Å². The quantitative estimate of drug-likeness (QED) is 0.489. The van der Waals surface area contributed by atoms with Crippen molar-refractivity contribution >= 4 is 18.0 Å². The lowest BCUT2D eigenvalue weighted by Gasteiger charge is -2.37. The van der Waals surface area contributed by atoms with Gasteiger partial charge in [0.25, 0.3) is 11.8 Å². The van der Waals surface area contributed by atoms with Gasteiger partial charge in [-0.2, -0.15) is 10.1 Å². The summed E-state index contributed by atoms with van der Waals surface area (Å²) >= 11 is 0. The molecule has 2 fully saturated rings. The molecule has 1 aliphatic heterocycles. The number of hydrazone groups is 1. The van der Waals surface area contributed by atoms with Gasteiger partial charge in [0.1, 0.15) is 5.75 Å². The van der Waals surface area contributed by atoms with E-state index in [1.54, 1.807) is 7.11 Å². The molecule has 1 saturated carbocycles. The van der Waals surface area contributed by atoms with Gasteiger partial charge >= 0.3 is 0 Å². The van der Waals surface area contributed by atoms with Crippen LogP contribution in [0.25, 0.3) is 0 Å². The van der Waals surface area contributed by atoms with Crippen LogP contribution in [0.3, 0.4) is 0 Å². The van der Waals surface area contributed by atoms with Crippen LogP contribution in [-0.4, -0.2) is 30.1 Å². The van der Waals surface area contributed by atoms with E-state index in [0.29, 0.717) is 5.75 Å². The molecule has 2 amide bonds. The van der Waals surface area contributed by atoms with Crippen molar-refractivity contribution in [1.82, 2.24) is 5.01 Å². The number of rotatable bonds is 3. The lowest BCUT2D eigenvalue weighted by Crippen LogP contribution is -2.38. The Morgan fingerprint density at radius 1 is 1.09 bits per heavy atom. The van der Waals surface area contributed by atoms with Crippen LogP contribution >= 0.6 is 0 Å². The Balaban J connectivity index is 1.62. The van der Waals surface area contributed by atoms with Gasteiger partial charge < -0.3 is 4.74 Å². The van der Waals surface area contributed by atoms with E-state index in [9.17, 15) is 9.59 Å². The maximum Gasteiger partial charge on any atom is 0.254 e. The van der Waals surface area contributed by atoms with E-state index in [0.717, 1.165) is 23.4 Å². The van der Waals surface area contributed by atoms with Gasteiger partial charge in [0.15, 0.2) is 0 Å². The maximum atomic E-state index is 12.6. The second-order valence-corrected chi connectivity index (χ2v) is 6.32. The summed E-state index contributed by atoms with van der Waals surface area (Å²) in [5, 5.41) is 5.26. The number of nitrogens with zero attached hydrogens (tertiary/aromatic N) is 2. The van der Waals surface area contributed by atoms with Crippen molar-refractivity contribution in [2.75, 3.05) is 7.11 Å². The number of para-hydroxylation sites is 1. The van der Waals surface area contributed by atoms with Gasteiger partial charge in [0, 0.05) is 5.56 Å². The minimum Gasteiger partial charge on any atom is -0.496 e. The lowest BCUT2D eigenvalue weighted by atomic mass is 9.63. The summed E-state index contributed by atoms with van der Waals surface area (Å²) in [5.74, 6) is 0.271. The first kappa shape index (κ1) is 14.2. The van der Waals surface area contributed by atoms with E-state index in [1.807, 2.05) is 24.3 Å². The number of carbonyl (C=O) groups is 2. The largest absolute Gasteiger partial charge is 0.496 e. The third kappa shape index (κ3) is 2.11. The van der Waals surface area contributed by atoms with E-state index >= 15 is 0 Å². The minimum atomic E-state index is -0.221. The van der Waals surface area contributed by atoms with Gasteiger partial charge in [-0.25, -0.2) is 0 Å². The molecule has 2 bridgehead atoms. The predicted molar refractivity (Wildman–Crippen MR) is 84.8 cm³/mol. The molecule has 0 radical (unpaired) electrons. The molecule has 1 aromatic carbocycles. The summed E-state index contributed by atoms with van der Waals surface area (Å²) in [4.78, 5) is 25.3. The molecule has 4 atom stereocenters. The number of amides is 2. The number of hydrogen-bond donors (Lipinski definition) is 0. The second-order valence-electron chi connectivity index (χ2n) is 6.32. The predicted octanol–water partition coefficient (Wildman–Crippen LogP) is 2.23. The van der Waals surface area contributed by atoms with Crippen LogP contribution in [0.2, 0.25) is 0 Å². The van der Waals surface area contributed by atoms with E-state index in [-0.39, 0.29) is 35.5 Å². The van der Waals surface area contributed by atoms with Crippen molar-refractivity contribution in [2.45, 2.75) is 12.8 Å². The molecule has 23 heavy (non-hydrogen) atoms. The number of methoxy groups -OCH3 is 1. The van der Waals surface area contributed by atoms with Crippen molar-refractivity contribution in [1.29, 1.82) is 0 Å². The second kappa shape index (κ2) is 5.33. The SMILES string of the molecule is COc1ccccc1/C=N\N1C(=O)[C@@H]2[C@H](C1=O)[C@H]1C=C[C@H]2CC1. The zero-order chi connectivity index (χ0) is 16.0. The average molecular weight is 310 g/mol. The standard InChI is InChI=1S/C18H18N2O3/c1-23-14-5-3-2-4-13(14)10-19-20-17(21)15-11-6-7-12(9-8-11)16(15)18(20)22/h2-7,10-12,15-16H,8-9H2,1H3/b19-10-/t11-,12-,15-,16+/m0/s1. The third-order valence-electron chi connectivity index (χ3n) is 5.19. The van der Waals surface area contributed by atoms with Crippen molar-refractivity contribution < 1.29 is 14.3 Å². The van der Waals surface area contributed by atoms with Gasteiger partial charge in [0.05, 0.1) is 25.2 Å². The van der Waals surface area contributed by atoms with E-state index < -0.39 is 0 Å². The Hall–Kier alpha value is -2.43. The van der Waals surface area contributed by atoms with Crippen LogP contribution in [0.1, 0.15) is 18.4 Å². The van der Waals surface area contributed by atoms with E-state index in [4.69, 9.17) is 4.74 Å². The molecule has 4 aliphatic rings. The Bertz CT molecular complexity index is 693. The van der Waals surface area contributed by atoms with Crippen LogP contribution in [0.15, 0.2) is 41.5 Å². The van der Waals surface area contributed by atoms with Crippen LogP contribution in [-0.2, 0) is 9.59 Å². The molecular formula is C18H18N2O3. The fraction of sp³-hybridized carbons (Fsp3) is 0.389. The van der Waals surface area contributed by atoms with Crippen molar-refractivity contribution in [3.63, 3.8) is 0 Å². The maximum absolute atomic E-state index is 12.6. The molecule has 3 aliphatic carbocycles. The van der Waals surface area contributed by atoms with E-state index in [1.165, 1.54) is 6.21 Å². The van der Waals surface area contributed by atoms with Crippen LogP contribution in [0, 0.1) is 23.7 Å². The summed E-state index contributed by atoms with van der Waals surface area (Å²) in [6.07, 6.45) is 7.72. The summed E-state index contributed by atoms with van der Waals surface area (Å²) < 4.78 is 5.26. The fourth-order valence-electron chi connectivity index (χ4n) is 4.07. The smallest absolute Gasteiger partial charge is 0.254 e. The first-order valence-corrected chi connectivity index (χ1v) is 7.94. The molecule has 5 nitrogen and oxygen atoms in total. The first-order chi connectivity index (χ1) is 11.2. The van der Waals surface area contributed by atoms with Gasteiger partial charge in [-0.05, 0) is 36.8 Å². The molecule has 118 valence electrons. The molecule has 1 aromatic rings. The number of fused-ring (bicyclic) bond motifs is 1. The van der Waals surface area contributed by atoms with Gasteiger partial charge in [-0.1, -0.05) is 24.3 Å². The molecule has 5 rings (SSSR count). The number of carbonyl (C=O) groups excluding carboxylic acids is 2. The summed E-state index contributed by atoms with van der Waals surface area (Å²) in [6.45, 7) is 0. The number of ether oxygens (including phenoxy) is 1. The Kier molecular flexibility index (Phi) is 3.29. The average Bonchev–Trinajstić information content (AvgIpc) is 2.87. The normalized spacial score (nSPS) is 32.0. The number of hydrogen-bond acceptors (Lipinski definition) is 4. The Labute approximate surface area is 134 Å². The summed E-state index contributed by atoms with van der Waals surface area (Å²) in [5.41, 5.74) is 0.742. The topological polar surface area (TPSA) is 59.0 Å². The molecule has 1 saturated heterocycles. The molecule has 0 unspecified atom stereocenters. The zero-order valence-electron chi connectivity index (χ0n) is 12.9. The van der Waals surface area contributed by atoms with E-state index in [2.05, 4.69) is 17.3 Å². The lowest BCUT2D eigenvalue weighted by molar-refractivity contribution is -0.140. The summed E-state index contributed by atoms with van der Waals surface area (Å²) in [6, 6.07) is 7.38. The summed E-state index contributed by atoms with van der Waals surface area (Å²) in [7, 11) is 1.58. The molecule has 5 heteroatoms. The highest BCUT2D eigenvalue weighted by atomic mass is 16.5. The van der Waals surface area contributed by atoms with Gasteiger partial charge in [-0.3, -0.25) is 9.59 Å². The zero-order valence-corrected chi connectivity index (χ0v) is 12.9. The van der Waals surface area contributed by atoms with Gasteiger partial charge in [0.2, 0.25) is 0 Å². The Morgan fingerprint density at radius 2 is 1.70 bits per heavy atom. The number of allylic oxidation sites excluding steroid dienone is 2. The van der Waals surface area contributed by atoms with Crippen LogP contribution < -0.4 is 4.74 Å². The molecule has 0 spiro atoms. The number of benzene rings is 1. The Morgan fingerprint density at radius 3 is 2.26 bits per heavy atom. The van der Waals surface area contributed by atoms with Crippen molar-refractivity contribution in [3.05, 3.63) is 42.0 Å². The fourth-order valence-corrected chi connectivity index (χ4v) is 4.07. The highest BCUT2D eigenvalue weighted by molar-refractivity contribution is 6.06. The molecular weight excluding hydrogens is 292 g/mol. The monoisotopic (exact) mass is 310 g/mol. The number of imide groups is 1. The third-order valence-corrected chi connectivity index (χ3v) is 5.19. The molecule has 0 N–H and O–H groups in total. The molecule has 0 aromatic heterocycles. The van der Waals surface area contributed by atoms with Crippen molar-refractivity contribution in [3.8, 4) is 5.75 Å². The highest BCUT2D eigenvalue weighted by Crippen LogP contribution is 2.49. The van der Waals surface area contributed by atoms with Crippen LogP contribution in [0.5, 0.6) is 5.75 Å². The minimum absolute atomic E-state index is 0.162. The first-order valence-electron chi connectivity index (χ1n) is 7.94. The molecule has 1 heterocycles.